The standard InChI is InChI=1S/C36H44N4O8S/c1-7-22-20-37-34(41)27-18-24(11-13-26(22)27)38-33(23-10-14-30(46-4)31(17-23)47-5)35(42)40-16-8-9-29(40)28-19-25(39-36(43)48-6)12-15-32(28)49(44,45)21(2)3/h10-15,17-19,21-22,29,33,38H,7-9,16,20H2,1-6H3,(H,37,41)(H,39,43)/t22-,29-,33?/m1/s1. The molecule has 0 aliphatic carbocycles. The molecule has 0 radical (unpaired) electrons. The number of hydrogen-bond donors (Lipinski definition) is 3. The molecule has 1 unspecified atom stereocenters. The number of hydrogen-bond acceptors (Lipinski definition) is 9. The van der Waals surface area contributed by atoms with Crippen LogP contribution in [-0.4, -0.2) is 70.9 Å². The molecule has 0 saturated carbocycles. The lowest BCUT2D eigenvalue weighted by Gasteiger charge is -2.32. The van der Waals surface area contributed by atoms with E-state index in [4.69, 9.17) is 14.2 Å². The topological polar surface area (TPSA) is 152 Å². The number of ether oxygens (including phenoxy) is 3. The largest absolute Gasteiger partial charge is 0.493 e. The second-order valence-corrected chi connectivity index (χ2v) is 14.9. The van der Waals surface area contributed by atoms with E-state index in [1.807, 2.05) is 12.1 Å². The van der Waals surface area contributed by atoms with Crippen molar-refractivity contribution in [2.75, 3.05) is 45.1 Å². The summed E-state index contributed by atoms with van der Waals surface area (Å²) in [6, 6.07) is 13.8. The van der Waals surface area contributed by atoms with Crippen LogP contribution in [0.15, 0.2) is 59.5 Å². The van der Waals surface area contributed by atoms with Crippen molar-refractivity contribution in [3.8, 4) is 11.5 Å². The third kappa shape index (κ3) is 7.17. The summed E-state index contributed by atoms with van der Waals surface area (Å²) in [6.45, 7) is 6.24. The van der Waals surface area contributed by atoms with Crippen LogP contribution < -0.4 is 25.4 Å². The number of nitrogens with one attached hydrogen (secondary N) is 3. The van der Waals surface area contributed by atoms with Gasteiger partial charge >= 0.3 is 6.09 Å². The Hall–Kier alpha value is -4.78. The molecule has 1 fully saturated rings. The molecule has 2 heterocycles. The second-order valence-electron chi connectivity index (χ2n) is 12.5. The summed E-state index contributed by atoms with van der Waals surface area (Å²) in [5, 5.41) is 8.25. The summed E-state index contributed by atoms with van der Waals surface area (Å²) >= 11 is 0. The lowest BCUT2D eigenvalue weighted by atomic mass is 9.88. The number of carbonyl (C=O) groups is 3. The number of sulfone groups is 1. The van der Waals surface area contributed by atoms with Crippen LogP contribution in [0.1, 0.15) is 85.1 Å². The molecule has 5 rings (SSSR count). The lowest BCUT2D eigenvalue weighted by Crippen LogP contribution is -2.38. The summed E-state index contributed by atoms with van der Waals surface area (Å²) in [6.07, 6.45) is 1.30. The van der Waals surface area contributed by atoms with Crippen LogP contribution in [0.25, 0.3) is 0 Å². The van der Waals surface area contributed by atoms with Gasteiger partial charge in [0.25, 0.3) is 5.91 Å². The molecule has 2 aliphatic heterocycles. The van der Waals surface area contributed by atoms with Crippen LogP contribution in [0, 0.1) is 0 Å². The number of fused-ring (bicyclic) bond motifs is 1. The van der Waals surface area contributed by atoms with Gasteiger partial charge in [-0.1, -0.05) is 19.1 Å². The molecule has 3 atom stereocenters. The molecule has 49 heavy (non-hydrogen) atoms. The highest BCUT2D eigenvalue weighted by atomic mass is 32.2. The summed E-state index contributed by atoms with van der Waals surface area (Å²) in [4.78, 5) is 41.6. The van der Waals surface area contributed by atoms with Gasteiger partial charge < -0.3 is 29.7 Å². The van der Waals surface area contributed by atoms with Gasteiger partial charge in [-0.3, -0.25) is 14.9 Å². The molecule has 3 N–H and O–H groups in total. The zero-order valence-electron chi connectivity index (χ0n) is 28.7. The quantitative estimate of drug-likeness (QED) is 0.226. The highest BCUT2D eigenvalue weighted by Crippen LogP contribution is 2.41. The van der Waals surface area contributed by atoms with Gasteiger partial charge in [-0.2, -0.15) is 0 Å². The fraction of sp³-hybridized carbons (Fsp3) is 0.417. The maximum atomic E-state index is 14.8. The number of anilines is 2. The molecular formula is C36H44N4O8S. The maximum Gasteiger partial charge on any atom is 0.411 e. The molecule has 1 saturated heterocycles. The Labute approximate surface area is 287 Å². The molecule has 262 valence electrons. The van der Waals surface area contributed by atoms with Gasteiger partial charge in [0.2, 0.25) is 5.91 Å². The van der Waals surface area contributed by atoms with Crippen LogP contribution >= 0.6 is 0 Å². The molecule has 2 aliphatic rings. The molecule has 13 heteroatoms. The highest BCUT2D eigenvalue weighted by molar-refractivity contribution is 7.92. The Morgan fingerprint density at radius 2 is 1.69 bits per heavy atom. The smallest absolute Gasteiger partial charge is 0.411 e. The van der Waals surface area contributed by atoms with Crippen LogP contribution in [0.5, 0.6) is 11.5 Å². The number of benzene rings is 3. The molecule has 0 aromatic heterocycles. The second kappa shape index (κ2) is 14.8. The molecule has 3 aromatic carbocycles. The summed E-state index contributed by atoms with van der Waals surface area (Å²) < 4.78 is 43.0. The summed E-state index contributed by atoms with van der Waals surface area (Å²) in [5.41, 5.74) is 3.43. The first-order valence-electron chi connectivity index (χ1n) is 16.4. The average Bonchev–Trinajstić information content (AvgIpc) is 3.60. The van der Waals surface area contributed by atoms with Crippen molar-refractivity contribution in [3.05, 3.63) is 76.9 Å². The summed E-state index contributed by atoms with van der Waals surface area (Å²) in [7, 11) is 0.514. The van der Waals surface area contributed by atoms with E-state index in [1.54, 1.807) is 49.1 Å². The van der Waals surface area contributed by atoms with Gasteiger partial charge in [-0.25, -0.2) is 13.2 Å². The van der Waals surface area contributed by atoms with Crippen LogP contribution in [0.2, 0.25) is 0 Å². The van der Waals surface area contributed by atoms with Crippen molar-refractivity contribution in [2.24, 2.45) is 0 Å². The van der Waals surface area contributed by atoms with Crippen molar-refractivity contribution in [1.29, 1.82) is 0 Å². The third-order valence-electron chi connectivity index (χ3n) is 9.30. The Morgan fingerprint density at radius 3 is 2.37 bits per heavy atom. The maximum absolute atomic E-state index is 14.8. The number of amides is 3. The van der Waals surface area contributed by atoms with Gasteiger partial charge in [-0.05, 0) is 92.3 Å². The molecule has 3 amide bonds. The van der Waals surface area contributed by atoms with Crippen LogP contribution in [-0.2, 0) is 19.4 Å². The van der Waals surface area contributed by atoms with E-state index < -0.39 is 33.3 Å². The lowest BCUT2D eigenvalue weighted by molar-refractivity contribution is -0.133. The van der Waals surface area contributed by atoms with E-state index in [0.29, 0.717) is 65.5 Å². The molecule has 0 spiro atoms. The predicted molar refractivity (Wildman–Crippen MR) is 186 cm³/mol. The van der Waals surface area contributed by atoms with Crippen LogP contribution in [0.4, 0.5) is 16.2 Å². The van der Waals surface area contributed by atoms with Gasteiger partial charge in [0.05, 0.1) is 37.5 Å². The van der Waals surface area contributed by atoms with E-state index in [9.17, 15) is 22.8 Å². The number of nitrogens with zero attached hydrogens (tertiary/aromatic N) is 1. The minimum Gasteiger partial charge on any atom is -0.493 e. The SMILES string of the molecule is CC[C@@H]1CNC(=O)c2cc(NC(C(=O)N3CCC[C@@H]3c3cc(NC(=O)OC)ccc3S(=O)(=O)C(C)C)c3ccc(OC)c(OC)c3)ccc21. The van der Waals surface area contributed by atoms with Crippen molar-refractivity contribution in [3.63, 3.8) is 0 Å². The van der Waals surface area contributed by atoms with E-state index in [1.165, 1.54) is 33.5 Å². The van der Waals surface area contributed by atoms with Crippen molar-refractivity contribution < 1.29 is 37.0 Å². The molecule has 12 nitrogen and oxygen atoms in total. The predicted octanol–water partition coefficient (Wildman–Crippen LogP) is 5.82. The van der Waals surface area contributed by atoms with E-state index in [2.05, 4.69) is 22.9 Å². The zero-order valence-corrected chi connectivity index (χ0v) is 29.5. The molecule has 3 aromatic rings. The zero-order chi connectivity index (χ0) is 35.5. The normalized spacial score (nSPS) is 17.9. The average molecular weight is 693 g/mol. The Morgan fingerprint density at radius 1 is 0.959 bits per heavy atom. The first-order valence-corrected chi connectivity index (χ1v) is 17.9. The van der Waals surface area contributed by atoms with Crippen molar-refractivity contribution >= 4 is 39.1 Å². The van der Waals surface area contributed by atoms with E-state index in [0.717, 1.165) is 12.0 Å². The first-order chi connectivity index (χ1) is 23.4. The minimum atomic E-state index is -3.77. The Bertz CT molecular complexity index is 1840. The minimum absolute atomic E-state index is 0.101. The number of likely N-dealkylation sites (tertiary alicyclic amines) is 1. The monoisotopic (exact) mass is 692 g/mol. The van der Waals surface area contributed by atoms with E-state index in [-0.39, 0.29) is 22.6 Å². The highest BCUT2D eigenvalue weighted by Gasteiger charge is 2.38. The van der Waals surface area contributed by atoms with Gasteiger partial charge in [-0.15, -0.1) is 0 Å². The Balaban J connectivity index is 1.59. The third-order valence-corrected chi connectivity index (χ3v) is 11.5. The first kappa shape index (κ1) is 35.5. The van der Waals surface area contributed by atoms with Gasteiger partial charge in [0, 0.05) is 35.9 Å². The molecular weight excluding hydrogens is 648 g/mol. The number of rotatable bonds is 11. The van der Waals surface area contributed by atoms with Gasteiger partial charge in [0.15, 0.2) is 21.3 Å². The fourth-order valence-corrected chi connectivity index (χ4v) is 7.85. The van der Waals surface area contributed by atoms with E-state index >= 15 is 0 Å². The number of methoxy groups -OCH3 is 3. The van der Waals surface area contributed by atoms with Gasteiger partial charge in [0.1, 0.15) is 6.04 Å². The van der Waals surface area contributed by atoms with Crippen LogP contribution in [0.3, 0.4) is 0 Å². The fourth-order valence-electron chi connectivity index (χ4n) is 6.56. The number of carbonyl (C=O) groups excluding carboxylic acids is 3. The van der Waals surface area contributed by atoms with Crippen molar-refractivity contribution in [1.82, 2.24) is 10.2 Å². The molecule has 0 bridgehead atoms. The Kier molecular flexibility index (Phi) is 10.7. The summed E-state index contributed by atoms with van der Waals surface area (Å²) in [5.74, 6) is 0.640. The van der Waals surface area contributed by atoms with Crippen molar-refractivity contribution in [2.45, 2.75) is 68.2 Å².